The fourth-order valence-corrected chi connectivity index (χ4v) is 3.25. The molecule has 0 unspecified atom stereocenters. The van der Waals surface area contributed by atoms with Crippen LogP contribution in [0.25, 0.3) is 28.0 Å². The minimum Gasteiger partial charge on any atom is -0.384 e. The van der Waals surface area contributed by atoms with Gasteiger partial charge in [0, 0.05) is 29.1 Å². The Kier molecular flexibility index (Phi) is 4.04. The van der Waals surface area contributed by atoms with Crippen molar-refractivity contribution in [2.75, 3.05) is 0 Å². The molecule has 136 valence electrons. The van der Waals surface area contributed by atoms with Gasteiger partial charge in [-0.15, -0.1) is 0 Å². The van der Waals surface area contributed by atoms with Crippen LogP contribution < -0.4 is 0 Å². The molecule has 0 amide bonds. The van der Waals surface area contributed by atoms with Gasteiger partial charge in [0.25, 0.3) is 0 Å². The summed E-state index contributed by atoms with van der Waals surface area (Å²) in [5.74, 6) is -0.231. The maximum absolute atomic E-state index is 13.7. The van der Waals surface area contributed by atoms with E-state index >= 15 is 0 Å². The second-order valence-corrected chi connectivity index (χ2v) is 7.21. The van der Waals surface area contributed by atoms with Crippen molar-refractivity contribution < 1.29 is 9.50 Å². The lowest BCUT2D eigenvalue weighted by molar-refractivity contribution is 0.0730. The highest BCUT2D eigenvalue weighted by Gasteiger charge is 2.21. The molecular weight excluding hydrogens is 341 g/mol. The van der Waals surface area contributed by atoms with Crippen molar-refractivity contribution in [2.24, 2.45) is 0 Å². The lowest BCUT2D eigenvalue weighted by Crippen LogP contribution is -2.18. The van der Waals surface area contributed by atoms with Gasteiger partial charge in [0.2, 0.25) is 0 Å². The standard InChI is InChI=1S/C22H20FN3O/c1-14-11-15(6-8-18(14)23)21-17(5-4-10-24-21)16-7-9-20-25-12-19(22(2,3)27)26(20)13-16/h4-13,27H,1-3H3. The van der Waals surface area contributed by atoms with Crippen LogP contribution in [0.5, 0.6) is 0 Å². The molecule has 0 aliphatic rings. The predicted octanol–water partition coefficient (Wildman–Crippen LogP) is 4.74. The fraction of sp³-hybridized carbons (Fsp3) is 0.182. The van der Waals surface area contributed by atoms with E-state index < -0.39 is 5.60 Å². The highest BCUT2D eigenvalue weighted by Crippen LogP contribution is 2.32. The van der Waals surface area contributed by atoms with Crippen LogP contribution in [0.15, 0.2) is 61.1 Å². The van der Waals surface area contributed by atoms with E-state index in [0.717, 1.165) is 28.0 Å². The summed E-state index contributed by atoms with van der Waals surface area (Å²) in [6.07, 6.45) is 5.37. The van der Waals surface area contributed by atoms with Crippen LogP contribution in [-0.2, 0) is 5.60 Å². The average molecular weight is 361 g/mol. The van der Waals surface area contributed by atoms with E-state index in [0.29, 0.717) is 11.3 Å². The molecule has 0 radical (unpaired) electrons. The Morgan fingerprint density at radius 3 is 2.56 bits per heavy atom. The van der Waals surface area contributed by atoms with Crippen molar-refractivity contribution in [1.82, 2.24) is 14.4 Å². The van der Waals surface area contributed by atoms with Crippen LogP contribution in [0.4, 0.5) is 4.39 Å². The molecule has 0 aliphatic carbocycles. The lowest BCUT2D eigenvalue weighted by Gasteiger charge is -2.17. The monoisotopic (exact) mass is 361 g/mol. The number of hydrogen-bond acceptors (Lipinski definition) is 3. The molecule has 0 atom stereocenters. The van der Waals surface area contributed by atoms with Gasteiger partial charge in [-0.3, -0.25) is 4.98 Å². The van der Waals surface area contributed by atoms with Crippen molar-refractivity contribution in [2.45, 2.75) is 26.4 Å². The first-order valence-corrected chi connectivity index (χ1v) is 8.76. The quantitative estimate of drug-likeness (QED) is 0.573. The lowest BCUT2D eigenvalue weighted by atomic mass is 9.99. The molecule has 27 heavy (non-hydrogen) atoms. The molecule has 1 N–H and O–H groups in total. The second kappa shape index (κ2) is 6.28. The molecule has 0 fully saturated rings. The number of nitrogens with zero attached hydrogens (tertiary/aromatic N) is 3. The van der Waals surface area contributed by atoms with Gasteiger partial charge in [-0.2, -0.15) is 0 Å². The number of pyridine rings is 2. The Morgan fingerprint density at radius 2 is 1.81 bits per heavy atom. The largest absolute Gasteiger partial charge is 0.384 e. The Bertz CT molecular complexity index is 1140. The third-order valence-corrected chi connectivity index (χ3v) is 4.68. The zero-order valence-electron chi connectivity index (χ0n) is 15.4. The van der Waals surface area contributed by atoms with Crippen molar-refractivity contribution in [1.29, 1.82) is 0 Å². The number of aromatic nitrogens is 3. The minimum atomic E-state index is -1.01. The third kappa shape index (κ3) is 3.11. The fourth-order valence-electron chi connectivity index (χ4n) is 3.25. The SMILES string of the molecule is Cc1cc(-c2ncccc2-c2ccc3ncc(C(C)(C)O)n3c2)ccc1F. The van der Waals surface area contributed by atoms with E-state index in [4.69, 9.17) is 0 Å². The maximum Gasteiger partial charge on any atom is 0.137 e. The summed E-state index contributed by atoms with van der Waals surface area (Å²) in [6.45, 7) is 5.22. The number of aliphatic hydroxyl groups is 1. The Morgan fingerprint density at radius 1 is 1.04 bits per heavy atom. The summed E-state index contributed by atoms with van der Waals surface area (Å²) in [7, 11) is 0. The van der Waals surface area contributed by atoms with E-state index in [1.54, 1.807) is 45.3 Å². The molecule has 4 rings (SSSR count). The number of hydrogen-bond donors (Lipinski definition) is 1. The van der Waals surface area contributed by atoms with Gasteiger partial charge in [0.15, 0.2) is 0 Å². The van der Waals surface area contributed by atoms with Crippen LogP contribution >= 0.6 is 0 Å². The molecule has 0 spiro atoms. The number of fused-ring (bicyclic) bond motifs is 1. The van der Waals surface area contributed by atoms with E-state index in [9.17, 15) is 9.50 Å². The average Bonchev–Trinajstić information content (AvgIpc) is 3.07. The van der Waals surface area contributed by atoms with Crippen molar-refractivity contribution >= 4 is 5.65 Å². The molecule has 0 saturated carbocycles. The summed E-state index contributed by atoms with van der Waals surface area (Å²) in [6, 6.07) is 12.8. The Balaban J connectivity index is 1.90. The van der Waals surface area contributed by atoms with Crippen LogP contribution in [0, 0.1) is 12.7 Å². The summed E-state index contributed by atoms with van der Waals surface area (Å²) in [5, 5.41) is 10.4. The first-order chi connectivity index (χ1) is 12.8. The molecule has 0 saturated heterocycles. The first-order valence-electron chi connectivity index (χ1n) is 8.76. The van der Waals surface area contributed by atoms with E-state index in [1.807, 2.05) is 34.9 Å². The van der Waals surface area contributed by atoms with Gasteiger partial charge in [0.05, 0.1) is 17.6 Å². The van der Waals surface area contributed by atoms with Gasteiger partial charge >= 0.3 is 0 Å². The highest BCUT2D eigenvalue weighted by molar-refractivity contribution is 5.81. The maximum atomic E-state index is 13.7. The Labute approximate surface area is 157 Å². The Hall–Kier alpha value is -3.05. The summed E-state index contributed by atoms with van der Waals surface area (Å²) in [4.78, 5) is 8.91. The van der Waals surface area contributed by atoms with Gasteiger partial charge < -0.3 is 9.51 Å². The summed E-state index contributed by atoms with van der Waals surface area (Å²) >= 11 is 0. The number of aryl methyl sites for hydroxylation is 1. The first kappa shape index (κ1) is 17.4. The van der Waals surface area contributed by atoms with E-state index in [2.05, 4.69) is 9.97 Å². The van der Waals surface area contributed by atoms with Crippen LogP contribution in [0.3, 0.4) is 0 Å². The number of benzene rings is 1. The molecular formula is C22H20FN3O. The topological polar surface area (TPSA) is 50.4 Å². The smallest absolute Gasteiger partial charge is 0.137 e. The normalized spacial score (nSPS) is 11.9. The minimum absolute atomic E-state index is 0.231. The van der Waals surface area contributed by atoms with Crippen LogP contribution in [-0.4, -0.2) is 19.5 Å². The van der Waals surface area contributed by atoms with Crippen LogP contribution in [0.1, 0.15) is 25.1 Å². The number of halogens is 1. The molecule has 0 bridgehead atoms. The molecule has 4 aromatic rings. The summed E-state index contributed by atoms with van der Waals surface area (Å²) < 4.78 is 15.6. The third-order valence-electron chi connectivity index (χ3n) is 4.68. The van der Waals surface area contributed by atoms with E-state index in [-0.39, 0.29) is 5.82 Å². The highest BCUT2D eigenvalue weighted by atomic mass is 19.1. The van der Waals surface area contributed by atoms with Crippen molar-refractivity contribution in [3.05, 3.63) is 78.1 Å². The van der Waals surface area contributed by atoms with Gasteiger partial charge in [0.1, 0.15) is 17.1 Å². The molecule has 5 heteroatoms. The van der Waals surface area contributed by atoms with Crippen molar-refractivity contribution in [3.63, 3.8) is 0 Å². The number of rotatable bonds is 3. The number of imidazole rings is 1. The zero-order valence-corrected chi connectivity index (χ0v) is 15.4. The molecule has 1 aromatic carbocycles. The summed E-state index contributed by atoms with van der Waals surface area (Å²) in [5.41, 5.74) is 4.56. The van der Waals surface area contributed by atoms with Crippen molar-refractivity contribution in [3.8, 4) is 22.4 Å². The molecule has 0 aliphatic heterocycles. The van der Waals surface area contributed by atoms with Crippen LogP contribution in [0.2, 0.25) is 0 Å². The van der Waals surface area contributed by atoms with E-state index in [1.165, 1.54) is 6.07 Å². The molecule has 4 nitrogen and oxygen atoms in total. The van der Waals surface area contributed by atoms with Gasteiger partial charge in [-0.1, -0.05) is 6.07 Å². The van der Waals surface area contributed by atoms with Gasteiger partial charge in [-0.05, 0) is 62.7 Å². The second-order valence-electron chi connectivity index (χ2n) is 7.21. The predicted molar refractivity (Wildman–Crippen MR) is 104 cm³/mol. The zero-order chi connectivity index (χ0) is 19.2. The van der Waals surface area contributed by atoms with Gasteiger partial charge in [-0.25, -0.2) is 9.37 Å². The molecule has 3 aromatic heterocycles. The molecule has 3 heterocycles.